The molecule has 1 rings (SSSR count). The molecule has 0 saturated carbocycles. The molecule has 0 heterocycles. The van der Waals surface area contributed by atoms with Crippen molar-refractivity contribution in [3.05, 3.63) is 35.4 Å². The molecule has 0 saturated heterocycles. The van der Waals surface area contributed by atoms with E-state index in [1.54, 1.807) is 6.92 Å². The van der Waals surface area contributed by atoms with Crippen LogP contribution in [0.5, 0.6) is 5.75 Å². The maximum atomic E-state index is 12.6. The number of carboxylic acids is 1. The fourth-order valence-electron chi connectivity index (χ4n) is 1.81. The smallest absolute Gasteiger partial charge is 0.339 e. The predicted molar refractivity (Wildman–Crippen MR) is 79.6 cm³/mol. The van der Waals surface area contributed by atoms with Gasteiger partial charge in [0.25, 0.3) is 0 Å². The first-order valence-corrected chi connectivity index (χ1v) is 7.83. The van der Waals surface area contributed by atoms with E-state index in [-0.39, 0.29) is 34.3 Å². The van der Waals surface area contributed by atoms with Gasteiger partial charge in [0.05, 0.1) is 7.11 Å². The monoisotopic (exact) mass is 333 g/mol. The zero-order valence-corrected chi connectivity index (χ0v) is 13.2. The van der Waals surface area contributed by atoms with Crippen LogP contribution in [0.15, 0.2) is 29.7 Å². The van der Waals surface area contributed by atoms with Gasteiger partial charge in [-0.05, 0) is 12.1 Å². The minimum Gasteiger partial charge on any atom is -0.494 e. The van der Waals surface area contributed by atoms with E-state index >= 15 is 0 Å². The number of sulfonamides is 1. The van der Waals surface area contributed by atoms with Crippen LogP contribution in [0.4, 0.5) is 0 Å². The summed E-state index contributed by atoms with van der Waals surface area (Å²) in [6.45, 7) is 5.46. The van der Waals surface area contributed by atoms with Crippen molar-refractivity contribution in [2.45, 2.75) is 11.8 Å². The molecule has 21 heavy (non-hydrogen) atoms. The number of carbonyl (C=O) groups is 1. The lowest BCUT2D eigenvalue weighted by atomic mass is 10.2. The SMILES string of the molecule is C=CCN(CC)S(=O)(=O)c1cc(Cl)cc(C(=O)O)c1OC. The third-order valence-electron chi connectivity index (χ3n) is 2.76. The number of carboxylic acid groups (broad SMARTS) is 1. The quantitative estimate of drug-likeness (QED) is 0.774. The Bertz CT molecular complexity index is 657. The molecule has 116 valence electrons. The maximum absolute atomic E-state index is 12.6. The molecule has 0 atom stereocenters. The number of ether oxygens (including phenoxy) is 1. The number of hydrogen-bond donors (Lipinski definition) is 1. The highest BCUT2D eigenvalue weighted by molar-refractivity contribution is 7.89. The summed E-state index contributed by atoms with van der Waals surface area (Å²) < 4.78 is 31.3. The summed E-state index contributed by atoms with van der Waals surface area (Å²) in [6.07, 6.45) is 1.44. The van der Waals surface area contributed by atoms with Gasteiger partial charge in [-0.2, -0.15) is 4.31 Å². The van der Waals surface area contributed by atoms with E-state index in [1.165, 1.54) is 19.3 Å². The second kappa shape index (κ2) is 6.93. The Morgan fingerprint density at radius 3 is 2.57 bits per heavy atom. The first kappa shape index (κ1) is 17.5. The average Bonchev–Trinajstić information content (AvgIpc) is 2.43. The minimum absolute atomic E-state index is 0.00133. The van der Waals surface area contributed by atoms with Crippen molar-refractivity contribution in [1.29, 1.82) is 0 Å². The van der Waals surface area contributed by atoms with Gasteiger partial charge < -0.3 is 9.84 Å². The average molecular weight is 334 g/mol. The van der Waals surface area contributed by atoms with Gasteiger partial charge in [-0.25, -0.2) is 13.2 Å². The third kappa shape index (κ3) is 3.55. The van der Waals surface area contributed by atoms with Gasteiger partial charge in [0.15, 0.2) is 5.75 Å². The predicted octanol–water partition coefficient (Wildman–Crippen LogP) is 2.24. The summed E-state index contributed by atoms with van der Waals surface area (Å²) in [4.78, 5) is 10.9. The summed E-state index contributed by atoms with van der Waals surface area (Å²) >= 11 is 5.83. The Hall–Kier alpha value is -1.57. The van der Waals surface area contributed by atoms with Crippen molar-refractivity contribution >= 4 is 27.6 Å². The molecule has 0 aromatic heterocycles. The van der Waals surface area contributed by atoms with Crippen molar-refractivity contribution in [3.8, 4) is 5.75 Å². The standard InChI is InChI=1S/C13H16ClNO5S/c1-4-6-15(5-2)21(18,19)11-8-9(14)7-10(13(16)17)12(11)20-3/h4,7-8H,1,5-6H2,2-3H3,(H,16,17). The molecule has 8 heteroatoms. The van der Waals surface area contributed by atoms with Crippen LogP contribution in [0.1, 0.15) is 17.3 Å². The molecule has 0 amide bonds. The summed E-state index contributed by atoms with van der Waals surface area (Å²) in [6, 6.07) is 2.32. The molecule has 0 unspecified atom stereocenters. The summed E-state index contributed by atoms with van der Waals surface area (Å²) in [5, 5.41) is 9.15. The summed E-state index contributed by atoms with van der Waals surface area (Å²) in [7, 11) is -2.74. The molecule has 1 aromatic carbocycles. The molecule has 0 fully saturated rings. The number of benzene rings is 1. The minimum atomic E-state index is -3.95. The first-order chi connectivity index (χ1) is 9.79. The van der Waals surface area contributed by atoms with Crippen LogP contribution in [0.2, 0.25) is 5.02 Å². The molecule has 0 aliphatic heterocycles. The fourth-order valence-corrected chi connectivity index (χ4v) is 3.72. The highest BCUT2D eigenvalue weighted by Crippen LogP contribution is 2.33. The molecular weight excluding hydrogens is 318 g/mol. The van der Waals surface area contributed by atoms with Crippen molar-refractivity contribution in [3.63, 3.8) is 0 Å². The van der Waals surface area contributed by atoms with Crippen molar-refractivity contribution in [2.75, 3.05) is 20.2 Å². The third-order valence-corrected chi connectivity index (χ3v) is 4.92. The Balaban J connectivity index is 3.61. The molecule has 0 spiro atoms. The number of likely N-dealkylation sites (N-methyl/N-ethyl adjacent to an activating group) is 1. The zero-order chi connectivity index (χ0) is 16.2. The maximum Gasteiger partial charge on any atom is 0.339 e. The molecule has 1 N–H and O–H groups in total. The molecule has 0 aliphatic carbocycles. The van der Waals surface area contributed by atoms with Crippen LogP contribution in [0, 0.1) is 0 Å². The second-order valence-electron chi connectivity index (χ2n) is 4.03. The lowest BCUT2D eigenvalue weighted by Gasteiger charge is -2.21. The van der Waals surface area contributed by atoms with Crippen molar-refractivity contribution < 1.29 is 23.1 Å². The Labute approximate surface area is 128 Å². The number of rotatable bonds is 7. The van der Waals surface area contributed by atoms with Gasteiger partial charge in [0, 0.05) is 18.1 Å². The Morgan fingerprint density at radius 1 is 1.52 bits per heavy atom. The van der Waals surface area contributed by atoms with E-state index in [1.807, 2.05) is 0 Å². The van der Waals surface area contributed by atoms with Gasteiger partial charge in [0.2, 0.25) is 10.0 Å². The Kier molecular flexibility index (Phi) is 5.77. The van der Waals surface area contributed by atoms with E-state index in [9.17, 15) is 13.2 Å². The van der Waals surface area contributed by atoms with Crippen LogP contribution < -0.4 is 4.74 Å². The molecule has 6 nitrogen and oxygen atoms in total. The number of halogens is 1. The van der Waals surface area contributed by atoms with Crippen LogP contribution in [0.25, 0.3) is 0 Å². The van der Waals surface area contributed by atoms with Gasteiger partial charge in [-0.1, -0.05) is 24.6 Å². The van der Waals surface area contributed by atoms with Gasteiger partial charge in [0.1, 0.15) is 10.5 Å². The summed E-state index contributed by atoms with van der Waals surface area (Å²) in [5.41, 5.74) is -0.307. The van der Waals surface area contributed by atoms with Crippen molar-refractivity contribution in [2.24, 2.45) is 0 Å². The normalized spacial score (nSPS) is 11.4. The number of nitrogens with zero attached hydrogens (tertiary/aromatic N) is 1. The summed E-state index contributed by atoms with van der Waals surface area (Å²) in [5.74, 6) is -1.56. The van der Waals surface area contributed by atoms with Crippen LogP contribution in [-0.4, -0.2) is 44.0 Å². The lowest BCUT2D eigenvalue weighted by Crippen LogP contribution is -2.31. The molecule has 0 aliphatic rings. The topological polar surface area (TPSA) is 83.9 Å². The zero-order valence-electron chi connectivity index (χ0n) is 11.7. The van der Waals surface area contributed by atoms with E-state index in [0.29, 0.717) is 0 Å². The number of aromatic carboxylic acids is 1. The highest BCUT2D eigenvalue weighted by atomic mass is 35.5. The van der Waals surface area contributed by atoms with E-state index < -0.39 is 16.0 Å². The highest BCUT2D eigenvalue weighted by Gasteiger charge is 2.29. The Morgan fingerprint density at radius 2 is 2.14 bits per heavy atom. The van der Waals surface area contributed by atoms with Gasteiger partial charge in [-0.15, -0.1) is 6.58 Å². The lowest BCUT2D eigenvalue weighted by molar-refractivity contribution is 0.0693. The molecular formula is C13H16ClNO5S. The van der Waals surface area contributed by atoms with Gasteiger partial charge >= 0.3 is 5.97 Å². The number of methoxy groups -OCH3 is 1. The van der Waals surface area contributed by atoms with Crippen molar-refractivity contribution in [1.82, 2.24) is 4.31 Å². The van der Waals surface area contributed by atoms with Crippen LogP contribution in [-0.2, 0) is 10.0 Å². The van der Waals surface area contributed by atoms with Gasteiger partial charge in [-0.3, -0.25) is 0 Å². The van der Waals surface area contributed by atoms with E-state index in [0.717, 1.165) is 10.4 Å². The second-order valence-corrected chi connectivity index (χ2v) is 6.38. The molecule has 1 aromatic rings. The molecule has 0 bridgehead atoms. The van der Waals surface area contributed by atoms with Crippen LogP contribution in [0.3, 0.4) is 0 Å². The molecule has 0 radical (unpaired) electrons. The number of hydrogen-bond acceptors (Lipinski definition) is 4. The van der Waals surface area contributed by atoms with E-state index in [4.69, 9.17) is 21.4 Å². The van der Waals surface area contributed by atoms with Crippen LogP contribution >= 0.6 is 11.6 Å². The largest absolute Gasteiger partial charge is 0.494 e. The first-order valence-electron chi connectivity index (χ1n) is 6.01. The van der Waals surface area contributed by atoms with E-state index in [2.05, 4.69) is 6.58 Å². The fraction of sp³-hybridized carbons (Fsp3) is 0.308.